The minimum absolute atomic E-state index is 0.00410. The molecule has 6 heteroatoms. The minimum Gasteiger partial charge on any atom is -0.497 e. The highest BCUT2D eigenvalue weighted by atomic mass is 32.1. The second-order valence-electron chi connectivity index (χ2n) is 6.23. The Kier molecular flexibility index (Phi) is 5.85. The molecular weight excluding hydrogens is 346 g/mol. The molecule has 3 rings (SSSR count). The first kappa shape index (κ1) is 18.4. The molecule has 0 saturated carbocycles. The Morgan fingerprint density at radius 3 is 2.65 bits per heavy atom. The summed E-state index contributed by atoms with van der Waals surface area (Å²) >= 11 is 1.67. The number of thiazole rings is 1. The van der Waals surface area contributed by atoms with Crippen LogP contribution in [0.25, 0.3) is 10.2 Å². The number of rotatable bonds is 7. The predicted octanol–water partition coefficient (Wildman–Crippen LogP) is 3.44. The van der Waals surface area contributed by atoms with Gasteiger partial charge in [-0.15, -0.1) is 11.3 Å². The molecule has 0 fully saturated rings. The second kappa shape index (κ2) is 8.29. The lowest BCUT2D eigenvalue weighted by molar-refractivity contribution is -0.125. The van der Waals surface area contributed by atoms with Crippen molar-refractivity contribution < 1.29 is 9.53 Å². The average Bonchev–Trinajstić information content (AvgIpc) is 3.08. The number of hydrogen-bond acceptors (Lipinski definition) is 5. The van der Waals surface area contributed by atoms with Crippen molar-refractivity contribution in [2.45, 2.75) is 26.1 Å². The van der Waals surface area contributed by atoms with Crippen LogP contribution in [0.1, 0.15) is 17.5 Å². The van der Waals surface area contributed by atoms with Gasteiger partial charge in [0.25, 0.3) is 0 Å². The van der Waals surface area contributed by atoms with Crippen molar-refractivity contribution in [3.05, 3.63) is 59.1 Å². The number of ether oxygens (including phenoxy) is 1. The van der Waals surface area contributed by atoms with E-state index in [9.17, 15) is 4.79 Å². The number of carbonyl (C=O) groups is 1. The number of amides is 1. The van der Waals surface area contributed by atoms with Crippen LogP contribution in [0.15, 0.2) is 48.5 Å². The van der Waals surface area contributed by atoms with E-state index in [-0.39, 0.29) is 11.9 Å². The van der Waals surface area contributed by atoms with Gasteiger partial charge in [0.1, 0.15) is 10.8 Å². The SMILES string of the molecule is COc1ccc(CNC(=O)[C@@H](C)N(C)Cc2nc3ccccc3s2)cc1. The number of hydrogen-bond donors (Lipinski definition) is 1. The molecule has 0 aliphatic carbocycles. The number of para-hydroxylation sites is 1. The van der Waals surface area contributed by atoms with Gasteiger partial charge < -0.3 is 10.1 Å². The highest BCUT2D eigenvalue weighted by Gasteiger charge is 2.19. The van der Waals surface area contributed by atoms with Crippen LogP contribution in [-0.2, 0) is 17.9 Å². The van der Waals surface area contributed by atoms with E-state index in [4.69, 9.17) is 4.74 Å². The molecule has 0 aliphatic rings. The van der Waals surface area contributed by atoms with Crippen molar-refractivity contribution in [1.29, 1.82) is 0 Å². The molecule has 2 aromatic carbocycles. The first-order chi connectivity index (χ1) is 12.6. The van der Waals surface area contributed by atoms with Crippen molar-refractivity contribution in [3.8, 4) is 5.75 Å². The number of carbonyl (C=O) groups excluding carboxylic acids is 1. The average molecular weight is 369 g/mol. The minimum atomic E-state index is -0.236. The van der Waals surface area contributed by atoms with Crippen LogP contribution in [-0.4, -0.2) is 36.0 Å². The first-order valence-electron chi connectivity index (χ1n) is 8.52. The molecule has 1 aromatic heterocycles. The highest BCUT2D eigenvalue weighted by Crippen LogP contribution is 2.22. The number of methoxy groups -OCH3 is 1. The van der Waals surface area contributed by atoms with Crippen molar-refractivity contribution in [2.24, 2.45) is 0 Å². The van der Waals surface area contributed by atoms with Crippen LogP contribution in [0.5, 0.6) is 5.75 Å². The summed E-state index contributed by atoms with van der Waals surface area (Å²) in [6, 6.07) is 15.5. The Morgan fingerprint density at radius 2 is 1.96 bits per heavy atom. The largest absolute Gasteiger partial charge is 0.497 e. The molecule has 0 unspecified atom stereocenters. The molecular formula is C20H23N3O2S. The Hall–Kier alpha value is -2.44. The molecule has 0 saturated heterocycles. The van der Waals surface area contributed by atoms with Crippen LogP contribution in [0.4, 0.5) is 0 Å². The molecule has 1 heterocycles. The van der Waals surface area contributed by atoms with Gasteiger partial charge in [-0.2, -0.15) is 0 Å². The third-order valence-electron chi connectivity index (χ3n) is 4.39. The lowest BCUT2D eigenvalue weighted by Gasteiger charge is -2.22. The summed E-state index contributed by atoms with van der Waals surface area (Å²) in [4.78, 5) is 19.1. The summed E-state index contributed by atoms with van der Waals surface area (Å²) in [5.74, 6) is 0.813. The molecule has 136 valence electrons. The molecule has 26 heavy (non-hydrogen) atoms. The number of nitrogens with zero attached hydrogens (tertiary/aromatic N) is 2. The molecule has 1 atom stereocenters. The molecule has 3 aromatic rings. The van der Waals surface area contributed by atoms with Gasteiger partial charge >= 0.3 is 0 Å². The topological polar surface area (TPSA) is 54.5 Å². The van der Waals surface area contributed by atoms with E-state index in [1.807, 2.05) is 61.3 Å². The fourth-order valence-electron chi connectivity index (χ4n) is 2.62. The smallest absolute Gasteiger partial charge is 0.237 e. The molecule has 0 aliphatic heterocycles. The van der Waals surface area contributed by atoms with Gasteiger partial charge in [-0.1, -0.05) is 24.3 Å². The van der Waals surface area contributed by atoms with Gasteiger partial charge in [-0.05, 0) is 43.8 Å². The molecule has 5 nitrogen and oxygen atoms in total. The van der Waals surface area contributed by atoms with Crippen LogP contribution < -0.4 is 10.1 Å². The van der Waals surface area contributed by atoms with Gasteiger partial charge in [0, 0.05) is 6.54 Å². The summed E-state index contributed by atoms with van der Waals surface area (Å²) in [6.45, 7) is 3.06. The maximum atomic E-state index is 12.4. The van der Waals surface area contributed by atoms with E-state index in [0.29, 0.717) is 13.1 Å². The normalized spacial score (nSPS) is 12.3. The molecule has 1 N–H and O–H groups in total. The van der Waals surface area contributed by atoms with E-state index in [1.165, 1.54) is 4.70 Å². The number of aromatic nitrogens is 1. The summed E-state index contributed by atoms with van der Waals surface area (Å²) in [6.07, 6.45) is 0. The van der Waals surface area contributed by atoms with Crippen LogP contribution in [0.2, 0.25) is 0 Å². The number of benzene rings is 2. The Labute approximate surface area is 157 Å². The predicted molar refractivity (Wildman–Crippen MR) is 105 cm³/mol. The Balaban J connectivity index is 1.54. The summed E-state index contributed by atoms with van der Waals surface area (Å²) in [5, 5.41) is 4.01. The van der Waals surface area contributed by atoms with Gasteiger partial charge in [-0.25, -0.2) is 4.98 Å². The van der Waals surface area contributed by atoms with Crippen molar-refractivity contribution in [2.75, 3.05) is 14.2 Å². The van der Waals surface area contributed by atoms with Gasteiger partial charge in [-0.3, -0.25) is 9.69 Å². The molecule has 0 bridgehead atoms. The molecule has 1 amide bonds. The zero-order valence-corrected chi connectivity index (χ0v) is 16.0. The lowest BCUT2D eigenvalue weighted by atomic mass is 10.2. The first-order valence-corrected chi connectivity index (χ1v) is 9.34. The zero-order chi connectivity index (χ0) is 18.5. The van der Waals surface area contributed by atoms with Gasteiger partial charge in [0.2, 0.25) is 5.91 Å². The van der Waals surface area contributed by atoms with Crippen LogP contribution >= 0.6 is 11.3 Å². The van der Waals surface area contributed by atoms with Crippen molar-refractivity contribution >= 4 is 27.5 Å². The maximum absolute atomic E-state index is 12.4. The monoisotopic (exact) mass is 369 g/mol. The number of likely N-dealkylation sites (N-methyl/N-ethyl adjacent to an activating group) is 1. The summed E-state index contributed by atoms with van der Waals surface area (Å²) in [5.41, 5.74) is 2.05. The van der Waals surface area contributed by atoms with Crippen LogP contribution in [0.3, 0.4) is 0 Å². The highest BCUT2D eigenvalue weighted by molar-refractivity contribution is 7.18. The summed E-state index contributed by atoms with van der Waals surface area (Å²) in [7, 11) is 3.59. The third-order valence-corrected chi connectivity index (χ3v) is 5.41. The van der Waals surface area contributed by atoms with E-state index in [0.717, 1.165) is 21.8 Å². The van der Waals surface area contributed by atoms with E-state index >= 15 is 0 Å². The summed E-state index contributed by atoms with van der Waals surface area (Å²) < 4.78 is 6.32. The molecule has 0 spiro atoms. The Morgan fingerprint density at radius 1 is 1.23 bits per heavy atom. The molecule has 0 radical (unpaired) electrons. The zero-order valence-electron chi connectivity index (χ0n) is 15.2. The number of fused-ring (bicyclic) bond motifs is 1. The fourth-order valence-corrected chi connectivity index (χ4v) is 3.65. The quantitative estimate of drug-likeness (QED) is 0.693. The van der Waals surface area contributed by atoms with Crippen LogP contribution in [0, 0.1) is 0 Å². The van der Waals surface area contributed by atoms with Gasteiger partial charge in [0.05, 0.1) is 29.9 Å². The Bertz CT molecular complexity index is 843. The van der Waals surface area contributed by atoms with Crippen molar-refractivity contribution in [3.63, 3.8) is 0 Å². The van der Waals surface area contributed by atoms with E-state index in [1.54, 1.807) is 18.4 Å². The van der Waals surface area contributed by atoms with Crippen molar-refractivity contribution in [1.82, 2.24) is 15.2 Å². The maximum Gasteiger partial charge on any atom is 0.237 e. The van der Waals surface area contributed by atoms with Gasteiger partial charge in [0.15, 0.2) is 0 Å². The van der Waals surface area contributed by atoms with E-state index < -0.39 is 0 Å². The lowest BCUT2D eigenvalue weighted by Crippen LogP contribution is -2.42. The third kappa shape index (κ3) is 4.39. The van der Waals surface area contributed by atoms with E-state index in [2.05, 4.69) is 16.4 Å². The number of nitrogens with one attached hydrogen (secondary N) is 1. The second-order valence-corrected chi connectivity index (χ2v) is 7.35. The fraction of sp³-hybridized carbons (Fsp3) is 0.300. The standard InChI is InChI=1S/C20H23N3O2S/c1-14(20(24)21-12-15-8-10-16(25-3)11-9-15)23(2)13-19-22-17-6-4-5-7-18(17)26-19/h4-11,14H,12-13H2,1-3H3,(H,21,24)/t14-/m1/s1.